The number of hydrogen-bond acceptors (Lipinski definition) is 3. The Bertz CT molecular complexity index is 398. The number of rotatable bonds is 2. The Balaban J connectivity index is 2.25. The second-order valence-electron chi connectivity index (χ2n) is 3.70. The van der Waals surface area contributed by atoms with Crippen LogP contribution < -0.4 is 11.3 Å². The summed E-state index contributed by atoms with van der Waals surface area (Å²) in [6.07, 6.45) is 5.11. The predicted molar refractivity (Wildman–Crippen MR) is 55.3 cm³/mol. The minimum Gasteiger partial charge on any atom is -0.392 e. The van der Waals surface area contributed by atoms with E-state index in [1.165, 1.54) is 25.6 Å². The Morgan fingerprint density at radius 3 is 2.93 bits per heavy atom. The van der Waals surface area contributed by atoms with Gasteiger partial charge in [0.2, 0.25) is 0 Å². The Labute approximate surface area is 86.7 Å². The fraction of sp³-hybridized carbons (Fsp3) is 0.556. The molecule has 0 unspecified atom stereocenters. The molecular weight excluding hydrogens is 202 g/mol. The second-order valence-corrected chi connectivity index (χ2v) is 4.06. The molecule has 1 heterocycles. The molecule has 0 atom stereocenters. The maximum atomic E-state index is 11.6. The summed E-state index contributed by atoms with van der Waals surface area (Å²) < 4.78 is 1.55. The van der Waals surface area contributed by atoms with Gasteiger partial charge in [-0.25, -0.2) is 4.98 Å². The van der Waals surface area contributed by atoms with Crippen LogP contribution in [0.2, 0.25) is 5.15 Å². The first-order valence-corrected chi connectivity index (χ1v) is 5.06. The van der Waals surface area contributed by atoms with Crippen LogP contribution in [0.25, 0.3) is 0 Å². The number of aromatic nitrogens is 2. The van der Waals surface area contributed by atoms with E-state index in [4.69, 9.17) is 17.3 Å². The van der Waals surface area contributed by atoms with Crippen LogP contribution in [0, 0.1) is 5.92 Å². The van der Waals surface area contributed by atoms with Gasteiger partial charge in [0.15, 0.2) is 5.15 Å². The summed E-state index contributed by atoms with van der Waals surface area (Å²) in [7, 11) is 0. The number of nitrogens with two attached hydrogens (primary N) is 1. The molecule has 1 fully saturated rings. The molecule has 76 valence electrons. The Kier molecular flexibility index (Phi) is 2.46. The van der Waals surface area contributed by atoms with Crippen molar-refractivity contribution in [2.24, 2.45) is 5.92 Å². The van der Waals surface area contributed by atoms with Crippen molar-refractivity contribution in [3.63, 3.8) is 0 Å². The highest BCUT2D eigenvalue weighted by Gasteiger charge is 2.19. The van der Waals surface area contributed by atoms with E-state index in [0.29, 0.717) is 12.5 Å². The van der Waals surface area contributed by atoms with Gasteiger partial charge >= 0.3 is 0 Å². The van der Waals surface area contributed by atoms with Crippen molar-refractivity contribution in [1.29, 1.82) is 0 Å². The molecule has 0 aromatic carbocycles. The van der Waals surface area contributed by atoms with Crippen molar-refractivity contribution in [3.05, 3.63) is 21.8 Å². The molecule has 1 aromatic heterocycles. The van der Waals surface area contributed by atoms with E-state index in [2.05, 4.69) is 4.98 Å². The lowest BCUT2D eigenvalue weighted by Crippen LogP contribution is -2.29. The van der Waals surface area contributed by atoms with Crippen LogP contribution in [0.3, 0.4) is 0 Å². The Morgan fingerprint density at radius 1 is 1.64 bits per heavy atom. The smallest absolute Gasteiger partial charge is 0.278 e. The molecule has 1 aliphatic carbocycles. The standard InChI is InChI=1S/C9H12ClN3O/c10-8-7(11)9(14)13(5-12-8)4-6-2-1-3-6/h5-6H,1-4,11H2. The molecule has 5 heteroatoms. The number of anilines is 1. The third kappa shape index (κ3) is 1.62. The monoisotopic (exact) mass is 213 g/mol. The summed E-state index contributed by atoms with van der Waals surface area (Å²) in [5, 5.41) is 0.0971. The van der Waals surface area contributed by atoms with Gasteiger partial charge in [0.1, 0.15) is 5.69 Å². The third-order valence-corrected chi connectivity index (χ3v) is 3.00. The van der Waals surface area contributed by atoms with Gasteiger partial charge in [-0.05, 0) is 18.8 Å². The zero-order chi connectivity index (χ0) is 10.1. The molecule has 1 aromatic rings. The number of halogens is 1. The van der Waals surface area contributed by atoms with Gasteiger partial charge in [-0.15, -0.1) is 0 Å². The van der Waals surface area contributed by atoms with Crippen molar-refractivity contribution in [1.82, 2.24) is 9.55 Å². The topological polar surface area (TPSA) is 60.9 Å². The fourth-order valence-electron chi connectivity index (χ4n) is 1.57. The molecule has 2 rings (SSSR count). The highest BCUT2D eigenvalue weighted by Crippen LogP contribution is 2.27. The van der Waals surface area contributed by atoms with Gasteiger partial charge in [0.05, 0.1) is 6.33 Å². The lowest BCUT2D eigenvalue weighted by atomic mass is 9.85. The molecular formula is C9H12ClN3O. The molecule has 2 N–H and O–H groups in total. The van der Waals surface area contributed by atoms with Gasteiger partial charge in [0.25, 0.3) is 5.56 Å². The van der Waals surface area contributed by atoms with Gasteiger partial charge < -0.3 is 5.73 Å². The van der Waals surface area contributed by atoms with Crippen LogP contribution in [-0.4, -0.2) is 9.55 Å². The van der Waals surface area contributed by atoms with E-state index in [9.17, 15) is 4.79 Å². The van der Waals surface area contributed by atoms with E-state index < -0.39 is 0 Å². The molecule has 0 saturated heterocycles. The summed E-state index contributed by atoms with van der Waals surface area (Å²) in [4.78, 5) is 15.4. The zero-order valence-corrected chi connectivity index (χ0v) is 8.50. The first-order valence-electron chi connectivity index (χ1n) is 4.69. The van der Waals surface area contributed by atoms with Crippen LogP contribution in [0.15, 0.2) is 11.1 Å². The van der Waals surface area contributed by atoms with Crippen molar-refractivity contribution in [2.45, 2.75) is 25.8 Å². The van der Waals surface area contributed by atoms with E-state index >= 15 is 0 Å². The average Bonchev–Trinajstić information content (AvgIpc) is 2.10. The van der Waals surface area contributed by atoms with E-state index in [0.717, 1.165) is 0 Å². The molecule has 0 bridgehead atoms. The highest BCUT2D eigenvalue weighted by atomic mass is 35.5. The van der Waals surface area contributed by atoms with Crippen molar-refractivity contribution >= 4 is 17.3 Å². The normalized spacial score (nSPS) is 16.6. The van der Waals surface area contributed by atoms with E-state index in [-0.39, 0.29) is 16.4 Å². The predicted octanol–water partition coefficient (Wildman–Crippen LogP) is 1.28. The van der Waals surface area contributed by atoms with Gasteiger partial charge in [-0.1, -0.05) is 18.0 Å². The highest BCUT2D eigenvalue weighted by molar-refractivity contribution is 6.31. The van der Waals surface area contributed by atoms with Gasteiger partial charge in [-0.2, -0.15) is 0 Å². The van der Waals surface area contributed by atoms with Crippen molar-refractivity contribution in [3.8, 4) is 0 Å². The maximum absolute atomic E-state index is 11.6. The SMILES string of the molecule is Nc1c(Cl)ncn(CC2CCC2)c1=O. The quantitative estimate of drug-likeness (QED) is 0.753. The first-order chi connectivity index (χ1) is 6.68. The van der Waals surface area contributed by atoms with Crippen LogP contribution in [-0.2, 0) is 6.54 Å². The van der Waals surface area contributed by atoms with Crippen molar-refractivity contribution in [2.75, 3.05) is 5.73 Å². The lowest BCUT2D eigenvalue weighted by molar-refractivity contribution is 0.273. The largest absolute Gasteiger partial charge is 0.392 e. The van der Waals surface area contributed by atoms with Crippen LogP contribution in [0.1, 0.15) is 19.3 Å². The number of nitrogens with zero attached hydrogens (tertiary/aromatic N) is 2. The second kappa shape index (κ2) is 3.61. The fourth-order valence-corrected chi connectivity index (χ4v) is 1.69. The molecule has 0 aliphatic heterocycles. The number of nitrogen functional groups attached to an aromatic ring is 1. The minimum absolute atomic E-state index is 0.0495. The van der Waals surface area contributed by atoms with E-state index in [1.54, 1.807) is 4.57 Å². The van der Waals surface area contributed by atoms with Crippen LogP contribution in [0.5, 0.6) is 0 Å². The molecule has 1 aliphatic rings. The Hall–Kier alpha value is -1.03. The molecule has 4 nitrogen and oxygen atoms in total. The molecule has 1 saturated carbocycles. The van der Waals surface area contributed by atoms with Crippen molar-refractivity contribution < 1.29 is 0 Å². The summed E-state index contributed by atoms with van der Waals surface area (Å²) in [6, 6.07) is 0. The zero-order valence-electron chi connectivity index (χ0n) is 7.74. The van der Waals surface area contributed by atoms with Gasteiger partial charge in [0, 0.05) is 6.54 Å². The minimum atomic E-state index is -0.225. The Morgan fingerprint density at radius 2 is 2.36 bits per heavy atom. The summed E-state index contributed by atoms with van der Waals surface area (Å²) in [5.74, 6) is 0.607. The molecule has 14 heavy (non-hydrogen) atoms. The summed E-state index contributed by atoms with van der Waals surface area (Å²) in [5.41, 5.74) is 5.31. The summed E-state index contributed by atoms with van der Waals surface area (Å²) >= 11 is 5.62. The lowest BCUT2D eigenvalue weighted by Gasteiger charge is -2.25. The first kappa shape index (κ1) is 9.52. The van der Waals surface area contributed by atoms with Gasteiger partial charge in [-0.3, -0.25) is 9.36 Å². The van der Waals surface area contributed by atoms with E-state index in [1.807, 2.05) is 0 Å². The molecule has 0 amide bonds. The molecule has 0 spiro atoms. The van der Waals surface area contributed by atoms with Crippen LogP contribution >= 0.6 is 11.6 Å². The molecule has 0 radical (unpaired) electrons. The number of hydrogen-bond donors (Lipinski definition) is 1. The third-order valence-electron chi connectivity index (χ3n) is 2.70. The average molecular weight is 214 g/mol. The summed E-state index contributed by atoms with van der Waals surface area (Å²) in [6.45, 7) is 0.715. The maximum Gasteiger partial charge on any atom is 0.278 e. The van der Waals surface area contributed by atoms with Crippen LogP contribution in [0.4, 0.5) is 5.69 Å².